The van der Waals surface area contributed by atoms with Crippen LogP contribution in [0.1, 0.15) is 23.2 Å². The third-order valence-corrected chi connectivity index (χ3v) is 3.74. The van der Waals surface area contributed by atoms with Crippen LogP contribution in [0, 0.1) is 0 Å². The Morgan fingerprint density at radius 3 is 2.90 bits per heavy atom. The Hall–Kier alpha value is -1.66. The minimum Gasteiger partial charge on any atom is -0.379 e. The van der Waals surface area contributed by atoms with Crippen molar-refractivity contribution in [3.63, 3.8) is 0 Å². The van der Waals surface area contributed by atoms with Gasteiger partial charge in [-0.1, -0.05) is 0 Å². The second kappa shape index (κ2) is 7.95. The zero-order valence-corrected chi connectivity index (χ0v) is 12.6. The van der Waals surface area contributed by atoms with Gasteiger partial charge in [-0.05, 0) is 31.5 Å². The summed E-state index contributed by atoms with van der Waals surface area (Å²) in [6, 6.07) is 3.45. The van der Waals surface area contributed by atoms with Crippen LogP contribution >= 0.6 is 0 Å². The number of hydrogen-bond donors (Lipinski definition) is 1. The van der Waals surface area contributed by atoms with Gasteiger partial charge in [-0.15, -0.1) is 0 Å². The van der Waals surface area contributed by atoms with E-state index in [0.29, 0.717) is 11.4 Å². The number of carbonyl (C=O) groups excluding carboxylic acids is 1. The quantitative estimate of drug-likeness (QED) is 0.750. The van der Waals surface area contributed by atoms with Crippen molar-refractivity contribution in [3.8, 4) is 0 Å². The summed E-state index contributed by atoms with van der Waals surface area (Å²) < 4.78 is 5.34. The molecule has 0 bridgehead atoms. The Labute approximate surface area is 125 Å². The summed E-state index contributed by atoms with van der Waals surface area (Å²) in [4.78, 5) is 20.1. The van der Waals surface area contributed by atoms with Crippen LogP contribution in [0.4, 0.5) is 5.82 Å². The topological polar surface area (TPSA) is 71.7 Å². The van der Waals surface area contributed by atoms with Crippen LogP contribution in [0.15, 0.2) is 18.3 Å². The first-order valence-electron chi connectivity index (χ1n) is 7.44. The van der Waals surface area contributed by atoms with Gasteiger partial charge in [0.2, 0.25) is 0 Å². The summed E-state index contributed by atoms with van der Waals surface area (Å²) in [5.41, 5.74) is 5.86. The van der Waals surface area contributed by atoms with Gasteiger partial charge >= 0.3 is 0 Å². The summed E-state index contributed by atoms with van der Waals surface area (Å²) in [5.74, 6) is 0.231. The van der Waals surface area contributed by atoms with Crippen LogP contribution in [0.3, 0.4) is 0 Å². The van der Waals surface area contributed by atoms with Gasteiger partial charge in [-0.25, -0.2) is 4.98 Å². The van der Waals surface area contributed by atoms with Crippen molar-refractivity contribution >= 4 is 11.7 Å². The Morgan fingerprint density at radius 1 is 1.43 bits per heavy atom. The summed E-state index contributed by atoms with van der Waals surface area (Å²) >= 11 is 0. The lowest BCUT2D eigenvalue weighted by Gasteiger charge is -2.27. The predicted molar refractivity (Wildman–Crippen MR) is 82.5 cm³/mol. The maximum Gasteiger partial charge on any atom is 0.252 e. The van der Waals surface area contributed by atoms with Gasteiger partial charge in [0, 0.05) is 32.9 Å². The number of carbonyl (C=O) groups is 1. The number of nitrogens with zero attached hydrogens (tertiary/aromatic N) is 3. The molecule has 2 heterocycles. The molecule has 1 amide bonds. The molecule has 1 aliphatic heterocycles. The highest BCUT2D eigenvalue weighted by Crippen LogP contribution is 2.15. The number of amides is 1. The molecule has 2 N–H and O–H groups in total. The molecule has 0 aliphatic carbocycles. The number of anilines is 1. The van der Waals surface area contributed by atoms with E-state index in [1.54, 1.807) is 18.3 Å². The monoisotopic (exact) mass is 292 g/mol. The van der Waals surface area contributed by atoms with Gasteiger partial charge in [0.1, 0.15) is 5.82 Å². The maximum atomic E-state index is 11.4. The molecule has 6 heteroatoms. The van der Waals surface area contributed by atoms with Gasteiger partial charge < -0.3 is 15.4 Å². The molecule has 0 atom stereocenters. The SMILES string of the molecule is CN(CCCCN1CCOCC1)c1ncccc1C(N)=O. The van der Waals surface area contributed by atoms with Gasteiger partial charge in [0.25, 0.3) is 5.91 Å². The fourth-order valence-corrected chi connectivity index (χ4v) is 2.51. The van der Waals surface area contributed by atoms with Crippen molar-refractivity contribution in [2.45, 2.75) is 12.8 Å². The first kappa shape index (κ1) is 15.7. The summed E-state index contributed by atoms with van der Waals surface area (Å²) in [6.45, 7) is 5.71. The zero-order chi connectivity index (χ0) is 15.1. The van der Waals surface area contributed by atoms with E-state index in [0.717, 1.165) is 52.2 Å². The van der Waals surface area contributed by atoms with E-state index in [9.17, 15) is 4.79 Å². The van der Waals surface area contributed by atoms with E-state index in [2.05, 4.69) is 9.88 Å². The average Bonchev–Trinajstić information content (AvgIpc) is 2.52. The summed E-state index contributed by atoms with van der Waals surface area (Å²) in [7, 11) is 1.95. The van der Waals surface area contributed by atoms with E-state index in [4.69, 9.17) is 10.5 Å². The molecule has 6 nitrogen and oxygen atoms in total. The highest BCUT2D eigenvalue weighted by molar-refractivity contribution is 5.97. The largest absolute Gasteiger partial charge is 0.379 e. The lowest BCUT2D eigenvalue weighted by atomic mass is 10.2. The van der Waals surface area contributed by atoms with Gasteiger partial charge in [0.15, 0.2) is 0 Å². The van der Waals surface area contributed by atoms with Crippen molar-refractivity contribution in [2.75, 3.05) is 51.3 Å². The van der Waals surface area contributed by atoms with Crippen LogP contribution in [0.25, 0.3) is 0 Å². The molecule has 0 saturated carbocycles. The fourth-order valence-electron chi connectivity index (χ4n) is 2.51. The summed E-state index contributed by atoms with van der Waals surface area (Å²) in [6.07, 6.45) is 3.87. The highest BCUT2D eigenvalue weighted by atomic mass is 16.5. The normalized spacial score (nSPS) is 15.9. The van der Waals surface area contributed by atoms with E-state index in [1.165, 1.54) is 0 Å². The number of ether oxygens (including phenoxy) is 1. The smallest absolute Gasteiger partial charge is 0.252 e. The maximum absolute atomic E-state index is 11.4. The Morgan fingerprint density at radius 2 is 2.19 bits per heavy atom. The first-order valence-corrected chi connectivity index (χ1v) is 7.44. The molecule has 0 aromatic carbocycles. The van der Waals surface area contributed by atoms with E-state index in [1.807, 2.05) is 11.9 Å². The van der Waals surface area contributed by atoms with Crippen LogP contribution < -0.4 is 10.6 Å². The molecular weight excluding hydrogens is 268 g/mol. The third-order valence-electron chi connectivity index (χ3n) is 3.74. The number of nitrogens with two attached hydrogens (primary N) is 1. The molecule has 1 aromatic heterocycles. The molecular formula is C15H24N4O2. The molecule has 0 unspecified atom stereocenters. The Kier molecular flexibility index (Phi) is 5.95. The van der Waals surface area contributed by atoms with Crippen molar-refractivity contribution in [2.24, 2.45) is 5.73 Å². The number of morpholine rings is 1. The van der Waals surface area contributed by atoms with E-state index >= 15 is 0 Å². The van der Waals surface area contributed by atoms with Crippen molar-refractivity contribution in [1.29, 1.82) is 0 Å². The third kappa shape index (κ3) is 4.68. The van der Waals surface area contributed by atoms with Crippen LogP contribution in [0.2, 0.25) is 0 Å². The summed E-state index contributed by atoms with van der Waals surface area (Å²) in [5, 5.41) is 0. The van der Waals surface area contributed by atoms with Crippen molar-refractivity contribution < 1.29 is 9.53 Å². The standard InChI is InChI=1S/C15H24N4O2/c1-18(15-13(14(16)20)5-4-6-17-15)7-2-3-8-19-9-11-21-12-10-19/h4-6H,2-3,7-12H2,1H3,(H2,16,20). The predicted octanol–water partition coefficient (Wildman–Crippen LogP) is 0.729. The number of unbranched alkanes of at least 4 members (excludes halogenated alkanes) is 1. The lowest BCUT2D eigenvalue weighted by molar-refractivity contribution is 0.0372. The zero-order valence-electron chi connectivity index (χ0n) is 12.6. The minimum atomic E-state index is -0.432. The van der Waals surface area contributed by atoms with Crippen LogP contribution in [-0.4, -0.2) is 62.2 Å². The number of pyridine rings is 1. The molecule has 0 radical (unpaired) electrons. The highest BCUT2D eigenvalue weighted by Gasteiger charge is 2.13. The molecule has 116 valence electrons. The van der Waals surface area contributed by atoms with E-state index in [-0.39, 0.29) is 0 Å². The second-order valence-electron chi connectivity index (χ2n) is 5.32. The molecule has 0 spiro atoms. The number of hydrogen-bond acceptors (Lipinski definition) is 5. The van der Waals surface area contributed by atoms with Gasteiger partial charge in [0.05, 0.1) is 18.8 Å². The number of rotatable bonds is 7. The molecule has 2 rings (SSSR count). The fraction of sp³-hybridized carbons (Fsp3) is 0.600. The first-order chi connectivity index (χ1) is 10.2. The second-order valence-corrected chi connectivity index (χ2v) is 5.32. The van der Waals surface area contributed by atoms with Crippen molar-refractivity contribution in [3.05, 3.63) is 23.9 Å². The van der Waals surface area contributed by atoms with Gasteiger partial charge in [-0.3, -0.25) is 9.69 Å². The van der Waals surface area contributed by atoms with E-state index < -0.39 is 5.91 Å². The molecule has 1 aliphatic rings. The number of aromatic nitrogens is 1. The molecule has 1 saturated heterocycles. The Bertz CT molecular complexity index is 461. The van der Waals surface area contributed by atoms with Crippen LogP contribution in [-0.2, 0) is 4.74 Å². The lowest BCUT2D eigenvalue weighted by Crippen LogP contribution is -2.37. The van der Waals surface area contributed by atoms with Crippen LogP contribution in [0.5, 0.6) is 0 Å². The molecule has 1 aromatic rings. The minimum absolute atomic E-state index is 0.432. The molecule has 21 heavy (non-hydrogen) atoms. The average molecular weight is 292 g/mol. The Balaban J connectivity index is 1.76. The number of primary amides is 1. The molecule has 1 fully saturated rings. The van der Waals surface area contributed by atoms with Gasteiger partial charge in [-0.2, -0.15) is 0 Å². The van der Waals surface area contributed by atoms with Crippen molar-refractivity contribution in [1.82, 2.24) is 9.88 Å².